The molecule has 0 bridgehead atoms. The molecule has 1 aliphatic carbocycles. The molecule has 0 nitrogen and oxygen atoms in total. The standard InChI is InChI=1S/C25H27S/c1-4-11-21(12-5-1)19-22-13-10-18-25(20-22)26(23-14-6-2-7-15-23)24-16-8-3-9-17-24/h2-3,6-10,13-18,20-21H,1,4-5,11-12,19H2/q+1. The smallest absolute Gasteiger partial charge is 0.0619 e. The molecule has 1 heteroatoms. The SMILES string of the molecule is c1ccc([S+](c2ccccc2)c2cccc(CC3CCCCC3)c2)cc1. The molecule has 0 N–H and O–H groups in total. The van der Waals surface area contributed by atoms with Crippen LogP contribution in [0.1, 0.15) is 37.7 Å². The summed E-state index contributed by atoms with van der Waals surface area (Å²) in [6, 6.07) is 31.3. The predicted octanol–water partition coefficient (Wildman–Crippen LogP) is 6.90. The van der Waals surface area contributed by atoms with Crippen molar-refractivity contribution in [2.75, 3.05) is 0 Å². The Morgan fingerprint density at radius 1 is 0.615 bits per heavy atom. The Labute approximate surface area is 160 Å². The van der Waals surface area contributed by atoms with Gasteiger partial charge in [0.1, 0.15) is 0 Å². The van der Waals surface area contributed by atoms with Gasteiger partial charge in [0.25, 0.3) is 0 Å². The molecule has 3 aromatic carbocycles. The maximum Gasteiger partial charge on any atom is 0.166 e. The van der Waals surface area contributed by atoms with Gasteiger partial charge in [-0.15, -0.1) is 0 Å². The Morgan fingerprint density at radius 2 is 1.19 bits per heavy atom. The number of rotatable bonds is 5. The van der Waals surface area contributed by atoms with Crippen LogP contribution in [0.4, 0.5) is 0 Å². The number of hydrogen-bond donors (Lipinski definition) is 0. The number of benzene rings is 3. The minimum Gasteiger partial charge on any atom is -0.0619 e. The van der Waals surface area contributed by atoms with E-state index in [0.717, 1.165) is 5.92 Å². The zero-order chi connectivity index (χ0) is 17.6. The topological polar surface area (TPSA) is 0 Å². The average molecular weight is 360 g/mol. The maximum absolute atomic E-state index is 2.47. The Hall–Kier alpha value is -1.99. The first-order chi connectivity index (χ1) is 12.9. The largest absolute Gasteiger partial charge is 0.166 e. The van der Waals surface area contributed by atoms with E-state index in [9.17, 15) is 0 Å². The highest BCUT2D eigenvalue weighted by Crippen LogP contribution is 2.33. The summed E-state index contributed by atoms with van der Waals surface area (Å²) in [5.41, 5.74) is 1.51. The van der Waals surface area contributed by atoms with E-state index >= 15 is 0 Å². The molecule has 3 aromatic rings. The van der Waals surface area contributed by atoms with Crippen LogP contribution in [0, 0.1) is 5.92 Å². The van der Waals surface area contributed by atoms with Crippen molar-refractivity contribution in [1.82, 2.24) is 0 Å². The molecule has 0 spiro atoms. The van der Waals surface area contributed by atoms with Crippen molar-refractivity contribution >= 4 is 10.9 Å². The van der Waals surface area contributed by atoms with E-state index in [-0.39, 0.29) is 10.9 Å². The maximum atomic E-state index is 2.47. The monoisotopic (exact) mass is 359 g/mol. The summed E-state index contributed by atoms with van der Waals surface area (Å²) in [6.07, 6.45) is 8.34. The van der Waals surface area contributed by atoms with Gasteiger partial charge in [-0.25, -0.2) is 0 Å². The van der Waals surface area contributed by atoms with Crippen LogP contribution in [0.3, 0.4) is 0 Å². The fourth-order valence-corrected chi connectivity index (χ4v) is 6.20. The lowest BCUT2D eigenvalue weighted by atomic mass is 9.85. The molecular weight excluding hydrogens is 332 g/mol. The molecule has 1 fully saturated rings. The van der Waals surface area contributed by atoms with Gasteiger partial charge in [0.2, 0.25) is 0 Å². The Kier molecular flexibility index (Phi) is 5.76. The summed E-state index contributed by atoms with van der Waals surface area (Å²) in [5.74, 6) is 0.884. The first kappa shape index (κ1) is 17.4. The van der Waals surface area contributed by atoms with Crippen LogP contribution in [0.2, 0.25) is 0 Å². The minimum absolute atomic E-state index is 0.0314. The third kappa shape index (κ3) is 4.22. The van der Waals surface area contributed by atoms with Gasteiger partial charge in [-0.05, 0) is 54.3 Å². The van der Waals surface area contributed by atoms with Gasteiger partial charge >= 0.3 is 0 Å². The molecule has 4 rings (SSSR count). The quantitative estimate of drug-likeness (QED) is 0.434. The van der Waals surface area contributed by atoms with E-state index in [2.05, 4.69) is 84.9 Å². The lowest BCUT2D eigenvalue weighted by Crippen LogP contribution is -2.10. The first-order valence-corrected chi connectivity index (χ1v) is 11.1. The van der Waals surface area contributed by atoms with E-state index in [1.54, 1.807) is 0 Å². The lowest BCUT2D eigenvalue weighted by molar-refractivity contribution is 0.356. The Bertz CT molecular complexity index is 764. The second-order valence-corrected chi connectivity index (χ2v) is 9.31. The lowest BCUT2D eigenvalue weighted by Gasteiger charge is -2.21. The molecule has 0 heterocycles. The van der Waals surface area contributed by atoms with Gasteiger partial charge in [-0.3, -0.25) is 0 Å². The van der Waals surface area contributed by atoms with Crippen molar-refractivity contribution in [2.24, 2.45) is 5.92 Å². The zero-order valence-corrected chi connectivity index (χ0v) is 16.1. The van der Waals surface area contributed by atoms with E-state index < -0.39 is 0 Å². The van der Waals surface area contributed by atoms with Crippen LogP contribution >= 0.6 is 0 Å². The van der Waals surface area contributed by atoms with Crippen molar-refractivity contribution in [3.8, 4) is 0 Å². The van der Waals surface area contributed by atoms with E-state index in [1.807, 2.05) is 0 Å². The molecule has 0 amide bonds. The molecule has 1 saturated carbocycles. The van der Waals surface area contributed by atoms with Gasteiger partial charge < -0.3 is 0 Å². The second-order valence-electron chi connectivity index (χ2n) is 7.29. The normalized spacial score (nSPS) is 15.3. The van der Waals surface area contributed by atoms with Gasteiger partial charge in [0.15, 0.2) is 14.7 Å². The van der Waals surface area contributed by atoms with Crippen LogP contribution in [0.15, 0.2) is 99.6 Å². The molecule has 0 radical (unpaired) electrons. The zero-order valence-electron chi connectivity index (χ0n) is 15.3. The third-order valence-electron chi connectivity index (χ3n) is 5.34. The Morgan fingerprint density at radius 3 is 1.81 bits per heavy atom. The van der Waals surface area contributed by atoms with Gasteiger partial charge in [0.05, 0.1) is 10.9 Å². The molecule has 0 aromatic heterocycles. The van der Waals surface area contributed by atoms with Gasteiger partial charge in [-0.2, -0.15) is 0 Å². The van der Waals surface area contributed by atoms with Crippen LogP contribution < -0.4 is 0 Å². The van der Waals surface area contributed by atoms with E-state index in [0.29, 0.717) is 0 Å². The van der Waals surface area contributed by atoms with E-state index in [4.69, 9.17) is 0 Å². The molecular formula is C25H27S+. The number of hydrogen-bond acceptors (Lipinski definition) is 0. The molecule has 0 atom stereocenters. The fourth-order valence-electron chi connectivity index (χ4n) is 4.05. The van der Waals surface area contributed by atoms with Crippen LogP contribution in [-0.4, -0.2) is 0 Å². The summed E-state index contributed by atoms with van der Waals surface area (Å²) in [6.45, 7) is 0. The van der Waals surface area contributed by atoms with Crippen LogP contribution in [0.25, 0.3) is 0 Å². The summed E-state index contributed by atoms with van der Waals surface area (Å²) >= 11 is 0. The van der Waals surface area contributed by atoms with Crippen LogP contribution in [-0.2, 0) is 17.3 Å². The van der Waals surface area contributed by atoms with Crippen molar-refractivity contribution in [1.29, 1.82) is 0 Å². The molecule has 0 saturated heterocycles. The highest BCUT2D eigenvalue weighted by Gasteiger charge is 2.28. The minimum atomic E-state index is -0.0314. The molecule has 0 aliphatic heterocycles. The van der Waals surface area contributed by atoms with E-state index in [1.165, 1.54) is 58.8 Å². The summed E-state index contributed by atoms with van der Waals surface area (Å²) < 4.78 is 0. The van der Waals surface area contributed by atoms with Crippen molar-refractivity contribution in [3.05, 3.63) is 90.5 Å². The second kappa shape index (κ2) is 8.60. The van der Waals surface area contributed by atoms with Crippen molar-refractivity contribution in [3.63, 3.8) is 0 Å². The molecule has 132 valence electrons. The summed E-state index contributed by atoms with van der Waals surface area (Å²) in [4.78, 5) is 4.23. The summed E-state index contributed by atoms with van der Waals surface area (Å²) in [5, 5.41) is 0. The first-order valence-electron chi connectivity index (χ1n) is 9.83. The molecule has 0 unspecified atom stereocenters. The predicted molar refractivity (Wildman–Crippen MR) is 112 cm³/mol. The molecule has 1 aliphatic rings. The van der Waals surface area contributed by atoms with Crippen molar-refractivity contribution < 1.29 is 0 Å². The molecule has 26 heavy (non-hydrogen) atoms. The fraction of sp³-hybridized carbons (Fsp3) is 0.280. The van der Waals surface area contributed by atoms with Crippen LogP contribution in [0.5, 0.6) is 0 Å². The summed E-state index contributed by atoms with van der Waals surface area (Å²) in [7, 11) is -0.0314. The average Bonchev–Trinajstić information content (AvgIpc) is 2.71. The van der Waals surface area contributed by atoms with Gasteiger partial charge in [-0.1, -0.05) is 80.6 Å². The van der Waals surface area contributed by atoms with Crippen molar-refractivity contribution in [2.45, 2.75) is 53.2 Å². The highest BCUT2D eigenvalue weighted by molar-refractivity contribution is 7.97. The third-order valence-corrected chi connectivity index (χ3v) is 7.55. The van der Waals surface area contributed by atoms with Gasteiger partial charge in [0, 0.05) is 0 Å². The Balaban J connectivity index is 1.66. The highest BCUT2D eigenvalue weighted by atomic mass is 32.2.